The lowest BCUT2D eigenvalue weighted by Crippen LogP contribution is -2.48. The van der Waals surface area contributed by atoms with E-state index in [0.29, 0.717) is 23.7 Å². The van der Waals surface area contributed by atoms with Crippen LogP contribution in [-0.2, 0) is 20.8 Å². The van der Waals surface area contributed by atoms with Crippen LogP contribution in [0.25, 0.3) is 0 Å². The SMILES string of the molecule is O=Cc1ccc(OC(=O)[C@H](Cc2ccccc2)N2C(=O)[C@@H]3[C@H]4C=C[C@@H]([C@@H]5C[C@H]45)[C@H]3C2=O)cc1. The van der Waals surface area contributed by atoms with E-state index < -0.39 is 12.0 Å². The van der Waals surface area contributed by atoms with Gasteiger partial charge < -0.3 is 4.74 Å². The van der Waals surface area contributed by atoms with Crippen molar-refractivity contribution in [2.75, 3.05) is 0 Å². The van der Waals surface area contributed by atoms with Crippen LogP contribution in [0.5, 0.6) is 5.75 Å². The van der Waals surface area contributed by atoms with E-state index >= 15 is 0 Å². The largest absolute Gasteiger partial charge is 0.425 e. The van der Waals surface area contributed by atoms with Gasteiger partial charge in [0, 0.05) is 12.0 Å². The van der Waals surface area contributed by atoms with Gasteiger partial charge in [0.25, 0.3) is 0 Å². The van der Waals surface area contributed by atoms with E-state index in [2.05, 4.69) is 12.2 Å². The summed E-state index contributed by atoms with van der Waals surface area (Å²) in [6.45, 7) is 0. The maximum atomic E-state index is 13.6. The fraction of sp³-hybridized carbons (Fsp3) is 0.333. The lowest BCUT2D eigenvalue weighted by molar-refractivity contribution is -0.153. The van der Waals surface area contributed by atoms with Crippen molar-refractivity contribution in [3.63, 3.8) is 0 Å². The molecule has 33 heavy (non-hydrogen) atoms. The molecule has 0 aromatic heterocycles. The summed E-state index contributed by atoms with van der Waals surface area (Å²) < 4.78 is 5.59. The van der Waals surface area contributed by atoms with E-state index in [1.807, 2.05) is 30.3 Å². The monoisotopic (exact) mass is 441 g/mol. The molecule has 4 aliphatic carbocycles. The topological polar surface area (TPSA) is 80.8 Å². The highest BCUT2D eigenvalue weighted by molar-refractivity contribution is 6.09. The van der Waals surface area contributed by atoms with Crippen molar-refractivity contribution in [1.29, 1.82) is 0 Å². The number of amides is 2. The molecule has 6 nitrogen and oxygen atoms in total. The molecule has 0 unspecified atom stereocenters. The van der Waals surface area contributed by atoms with Crippen LogP contribution >= 0.6 is 0 Å². The first-order chi connectivity index (χ1) is 16.1. The third-order valence-electron chi connectivity index (χ3n) is 7.79. The number of hydrogen-bond donors (Lipinski definition) is 0. The molecule has 3 fully saturated rings. The number of ether oxygens (including phenoxy) is 1. The Kier molecular flexibility index (Phi) is 4.57. The smallest absolute Gasteiger partial charge is 0.335 e. The first-order valence-corrected chi connectivity index (χ1v) is 11.4. The standard InChI is InChI=1S/C27H23NO5/c29-14-16-6-8-17(9-7-16)33-27(32)22(12-15-4-2-1-3-5-15)28-25(30)23-18-10-11-19(21-13-20(18)21)24(23)26(28)31/h1-11,14,18-24H,12-13H2/t18-,19-,20-,21+,22-,23+,24+/m0/s1. The predicted molar refractivity (Wildman–Crippen MR) is 118 cm³/mol. The molecular formula is C27H23NO5. The lowest BCUT2D eigenvalue weighted by atomic mass is 9.63. The number of aldehydes is 1. The second kappa shape index (κ2) is 7.51. The number of likely N-dealkylation sites (tertiary alicyclic amines) is 1. The minimum atomic E-state index is -1.04. The number of hydrogen-bond acceptors (Lipinski definition) is 5. The fourth-order valence-corrected chi connectivity index (χ4v) is 6.20. The van der Waals surface area contributed by atoms with Gasteiger partial charge in [-0.1, -0.05) is 42.5 Å². The molecule has 1 heterocycles. The van der Waals surface area contributed by atoms with Gasteiger partial charge in [0.1, 0.15) is 18.1 Å². The van der Waals surface area contributed by atoms with Crippen LogP contribution < -0.4 is 4.74 Å². The molecule has 7 atom stereocenters. The molecule has 2 aromatic carbocycles. The first kappa shape index (κ1) is 20.1. The first-order valence-electron chi connectivity index (χ1n) is 11.4. The fourth-order valence-electron chi connectivity index (χ4n) is 6.20. The van der Waals surface area contributed by atoms with Gasteiger partial charge in [-0.05, 0) is 59.9 Å². The van der Waals surface area contributed by atoms with Crippen molar-refractivity contribution in [2.24, 2.45) is 35.5 Å². The van der Waals surface area contributed by atoms with Gasteiger partial charge in [0.2, 0.25) is 11.8 Å². The second-order valence-corrected chi connectivity index (χ2v) is 9.51. The number of benzene rings is 2. The van der Waals surface area contributed by atoms with Gasteiger partial charge in [-0.25, -0.2) is 4.79 Å². The maximum absolute atomic E-state index is 13.6. The van der Waals surface area contributed by atoms with E-state index in [1.165, 1.54) is 17.0 Å². The van der Waals surface area contributed by atoms with Crippen LogP contribution in [0.1, 0.15) is 22.3 Å². The minimum absolute atomic E-state index is 0.0933. The van der Waals surface area contributed by atoms with Crippen molar-refractivity contribution < 1.29 is 23.9 Å². The molecule has 1 saturated heterocycles. The summed E-state index contributed by atoms with van der Waals surface area (Å²) >= 11 is 0. The molecule has 1 aliphatic heterocycles. The highest BCUT2D eigenvalue weighted by atomic mass is 16.5. The van der Waals surface area contributed by atoms with Crippen LogP contribution in [0.15, 0.2) is 66.7 Å². The van der Waals surface area contributed by atoms with E-state index in [9.17, 15) is 19.2 Å². The highest BCUT2D eigenvalue weighted by Gasteiger charge is 2.68. The van der Waals surface area contributed by atoms with Gasteiger partial charge in [-0.2, -0.15) is 0 Å². The van der Waals surface area contributed by atoms with Crippen LogP contribution in [0, 0.1) is 35.5 Å². The van der Waals surface area contributed by atoms with Crippen LogP contribution in [0.2, 0.25) is 0 Å². The summed E-state index contributed by atoms with van der Waals surface area (Å²) in [5, 5.41) is 0. The van der Waals surface area contributed by atoms with Gasteiger partial charge in [-0.3, -0.25) is 19.3 Å². The summed E-state index contributed by atoms with van der Waals surface area (Å²) in [4.78, 5) is 52.7. The Balaban J connectivity index is 1.32. The van der Waals surface area contributed by atoms with Gasteiger partial charge in [0.05, 0.1) is 11.8 Å². The van der Waals surface area contributed by atoms with Crippen LogP contribution in [0.4, 0.5) is 0 Å². The predicted octanol–water partition coefficient (Wildman–Crippen LogP) is 3.07. The normalized spacial score (nSPS) is 31.7. The Morgan fingerprint density at radius 2 is 1.55 bits per heavy atom. The summed E-state index contributed by atoms with van der Waals surface area (Å²) in [6, 6.07) is 14.5. The number of allylic oxidation sites excluding steroid dienone is 2. The van der Waals surface area contributed by atoms with Crippen LogP contribution in [0.3, 0.4) is 0 Å². The molecule has 2 saturated carbocycles. The third-order valence-corrected chi connectivity index (χ3v) is 7.79. The summed E-state index contributed by atoms with van der Waals surface area (Å²) in [5.74, 6) is -0.433. The lowest BCUT2D eigenvalue weighted by Gasteiger charge is -2.37. The zero-order valence-corrected chi connectivity index (χ0v) is 17.9. The van der Waals surface area contributed by atoms with Crippen molar-refractivity contribution in [3.05, 3.63) is 77.9 Å². The average Bonchev–Trinajstić information content (AvgIpc) is 3.62. The second-order valence-electron chi connectivity index (χ2n) is 9.51. The molecule has 2 bridgehead atoms. The molecule has 2 aromatic rings. The Morgan fingerprint density at radius 1 is 0.939 bits per heavy atom. The van der Waals surface area contributed by atoms with Gasteiger partial charge in [-0.15, -0.1) is 0 Å². The van der Waals surface area contributed by atoms with Gasteiger partial charge >= 0.3 is 5.97 Å². The quantitative estimate of drug-likeness (QED) is 0.226. The van der Waals surface area contributed by atoms with Crippen molar-refractivity contribution >= 4 is 24.1 Å². The van der Waals surface area contributed by atoms with E-state index in [4.69, 9.17) is 4.74 Å². The Bertz CT molecular complexity index is 1130. The zero-order valence-electron chi connectivity index (χ0n) is 17.9. The van der Waals surface area contributed by atoms with E-state index in [1.54, 1.807) is 12.1 Å². The van der Waals surface area contributed by atoms with Crippen molar-refractivity contribution in [1.82, 2.24) is 4.90 Å². The molecule has 5 aliphatic rings. The van der Waals surface area contributed by atoms with E-state index in [0.717, 1.165) is 12.0 Å². The number of carbonyl (C=O) groups excluding carboxylic acids is 4. The molecule has 6 heteroatoms. The summed E-state index contributed by atoms with van der Waals surface area (Å²) in [5.41, 5.74) is 1.31. The van der Waals surface area contributed by atoms with Crippen LogP contribution in [-0.4, -0.2) is 35.0 Å². The Labute approximate surface area is 191 Å². The third kappa shape index (κ3) is 3.16. The maximum Gasteiger partial charge on any atom is 0.335 e. The van der Waals surface area contributed by atoms with Crippen molar-refractivity contribution in [2.45, 2.75) is 18.9 Å². The zero-order chi connectivity index (χ0) is 22.7. The molecule has 166 valence electrons. The van der Waals surface area contributed by atoms with Gasteiger partial charge in [0.15, 0.2) is 0 Å². The molecule has 0 N–H and O–H groups in total. The minimum Gasteiger partial charge on any atom is -0.425 e. The molecule has 0 spiro atoms. The Morgan fingerprint density at radius 3 is 2.12 bits per heavy atom. The molecule has 7 rings (SSSR count). The van der Waals surface area contributed by atoms with E-state index in [-0.39, 0.29) is 47.7 Å². The summed E-state index contributed by atoms with van der Waals surface area (Å²) in [7, 11) is 0. The number of imide groups is 1. The highest BCUT2D eigenvalue weighted by Crippen LogP contribution is 2.65. The number of carbonyl (C=O) groups is 4. The molecule has 0 radical (unpaired) electrons. The number of esters is 1. The summed E-state index contributed by atoms with van der Waals surface area (Å²) in [6.07, 6.45) is 6.22. The van der Waals surface area contributed by atoms with Crippen molar-refractivity contribution in [3.8, 4) is 5.75 Å². The average molecular weight is 441 g/mol. The molecular weight excluding hydrogens is 418 g/mol. The molecule has 2 amide bonds. The number of nitrogens with zero attached hydrogens (tertiary/aromatic N) is 1. The number of rotatable bonds is 6. The Hall–Kier alpha value is -3.54.